The number of aryl methyl sites for hydroxylation is 2. The molecule has 1 aromatic heterocycles. The minimum Gasteiger partial charge on any atom is -0.356 e. The van der Waals surface area contributed by atoms with Gasteiger partial charge in [0.25, 0.3) is 5.91 Å². The van der Waals surface area contributed by atoms with Crippen LogP contribution in [0, 0.1) is 13.8 Å². The Bertz CT molecular complexity index is 741. The van der Waals surface area contributed by atoms with Gasteiger partial charge >= 0.3 is 0 Å². The molecule has 0 spiro atoms. The molecule has 3 rings (SSSR count). The molecule has 1 amide bonds. The number of anilines is 2. The number of hydrogen-bond acceptors (Lipinski definition) is 4. The van der Waals surface area contributed by atoms with Crippen molar-refractivity contribution in [2.45, 2.75) is 26.7 Å². The zero-order chi connectivity index (χ0) is 16.4. The van der Waals surface area contributed by atoms with E-state index in [0.29, 0.717) is 22.2 Å². The molecule has 2 aromatic rings. The van der Waals surface area contributed by atoms with Crippen LogP contribution < -0.4 is 10.2 Å². The fourth-order valence-electron chi connectivity index (χ4n) is 2.64. The van der Waals surface area contributed by atoms with Crippen molar-refractivity contribution in [1.82, 2.24) is 9.97 Å². The highest BCUT2D eigenvalue weighted by molar-refractivity contribution is 6.31. The van der Waals surface area contributed by atoms with Crippen molar-refractivity contribution in [3.05, 3.63) is 46.4 Å². The molecule has 5 nitrogen and oxygen atoms in total. The topological polar surface area (TPSA) is 58.1 Å². The van der Waals surface area contributed by atoms with Gasteiger partial charge in [0, 0.05) is 29.9 Å². The van der Waals surface area contributed by atoms with Crippen molar-refractivity contribution in [3.8, 4) is 0 Å². The maximum Gasteiger partial charge on any atom is 0.274 e. The van der Waals surface area contributed by atoms with E-state index in [2.05, 4.69) is 20.2 Å². The van der Waals surface area contributed by atoms with Gasteiger partial charge in [-0.15, -0.1) is 0 Å². The minimum atomic E-state index is -0.254. The zero-order valence-electron chi connectivity index (χ0n) is 13.3. The molecule has 1 N–H and O–H groups in total. The molecule has 1 aromatic carbocycles. The number of amides is 1. The molecular formula is C17H19ClN4O. The fourth-order valence-corrected chi connectivity index (χ4v) is 2.82. The highest BCUT2D eigenvalue weighted by Crippen LogP contribution is 2.22. The quantitative estimate of drug-likeness (QED) is 0.934. The van der Waals surface area contributed by atoms with E-state index in [1.807, 2.05) is 19.1 Å². The van der Waals surface area contributed by atoms with Crippen LogP contribution in [0.5, 0.6) is 0 Å². The van der Waals surface area contributed by atoms with Crippen LogP contribution >= 0.6 is 11.6 Å². The van der Waals surface area contributed by atoms with Gasteiger partial charge in [-0.2, -0.15) is 0 Å². The molecule has 2 heterocycles. The summed E-state index contributed by atoms with van der Waals surface area (Å²) in [6.07, 6.45) is 2.32. The third kappa shape index (κ3) is 3.62. The van der Waals surface area contributed by atoms with Gasteiger partial charge < -0.3 is 10.2 Å². The molecule has 0 bridgehead atoms. The predicted molar refractivity (Wildman–Crippen MR) is 92.4 cm³/mol. The number of hydrogen-bond donors (Lipinski definition) is 1. The van der Waals surface area contributed by atoms with Crippen molar-refractivity contribution < 1.29 is 4.79 Å². The van der Waals surface area contributed by atoms with E-state index >= 15 is 0 Å². The van der Waals surface area contributed by atoms with Crippen molar-refractivity contribution >= 4 is 29.0 Å². The Balaban J connectivity index is 1.82. The average Bonchev–Trinajstić information content (AvgIpc) is 3.05. The van der Waals surface area contributed by atoms with Gasteiger partial charge in [0.1, 0.15) is 17.3 Å². The standard InChI is InChI=1S/C17H19ClN4O/c1-11-5-6-13(9-14(11)18)21-17(23)15-10-16(20-12(2)19-15)22-7-3-4-8-22/h5-6,9-10H,3-4,7-8H2,1-2H3,(H,21,23). The van der Waals surface area contributed by atoms with E-state index < -0.39 is 0 Å². The molecule has 0 radical (unpaired) electrons. The van der Waals surface area contributed by atoms with Gasteiger partial charge in [0.15, 0.2) is 0 Å². The van der Waals surface area contributed by atoms with Crippen molar-refractivity contribution in [3.63, 3.8) is 0 Å². The summed E-state index contributed by atoms with van der Waals surface area (Å²) in [5, 5.41) is 3.46. The van der Waals surface area contributed by atoms with E-state index in [4.69, 9.17) is 11.6 Å². The van der Waals surface area contributed by atoms with E-state index in [1.165, 1.54) is 0 Å². The predicted octanol–water partition coefficient (Wildman–Crippen LogP) is 3.60. The van der Waals surface area contributed by atoms with Gasteiger partial charge in [-0.3, -0.25) is 4.79 Å². The second-order valence-corrected chi connectivity index (χ2v) is 6.18. The number of rotatable bonds is 3. The monoisotopic (exact) mass is 330 g/mol. The Hall–Kier alpha value is -2.14. The molecule has 0 atom stereocenters. The number of halogens is 1. The van der Waals surface area contributed by atoms with Crippen molar-refractivity contribution in [2.24, 2.45) is 0 Å². The molecule has 0 aliphatic carbocycles. The summed E-state index contributed by atoms with van der Waals surface area (Å²) < 4.78 is 0. The summed E-state index contributed by atoms with van der Waals surface area (Å²) in [6.45, 7) is 5.68. The van der Waals surface area contributed by atoms with Crippen LogP contribution in [0.4, 0.5) is 11.5 Å². The first-order valence-corrected chi connectivity index (χ1v) is 8.09. The highest BCUT2D eigenvalue weighted by atomic mass is 35.5. The summed E-state index contributed by atoms with van der Waals surface area (Å²) in [5.74, 6) is 1.17. The first-order valence-electron chi connectivity index (χ1n) is 7.71. The molecule has 0 saturated carbocycles. The van der Waals surface area contributed by atoms with Crippen LogP contribution in [-0.4, -0.2) is 29.0 Å². The summed E-state index contributed by atoms with van der Waals surface area (Å²) in [5.41, 5.74) is 2.00. The largest absolute Gasteiger partial charge is 0.356 e. The lowest BCUT2D eigenvalue weighted by molar-refractivity contribution is 0.102. The Morgan fingerprint density at radius 3 is 2.61 bits per heavy atom. The third-order valence-corrected chi connectivity index (χ3v) is 4.32. The fraction of sp³-hybridized carbons (Fsp3) is 0.353. The number of nitrogens with one attached hydrogen (secondary N) is 1. The first kappa shape index (κ1) is 15.7. The van der Waals surface area contributed by atoms with Gasteiger partial charge in [-0.1, -0.05) is 17.7 Å². The third-order valence-electron chi connectivity index (χ3n) is 3.92. The summed E-state index contributed by atoms with van der Waals surface area (Å²) in [6, 6.07) is 7.20. The molecule has 6 heteroatoms. The molecular weight excluding hydrogens is 312 g/mol. The van der Waals surface area contributed by atoms with Crippen LogP contribution in [0.3, 0.4) is 0 Å². The second-order valence-electron chi connectivity index (χ2n) is 5.77. The van der Waals surface area contributed by atoms with Crippen LogP contribution in [0.15, 0.2) is 24.3 Å². The van der Waals surface area contributed by atoms with Gasteiger partial charge in [-0.05, 0) is 44.4 Å². The van der Waals surface area contributed by atoms with E-state index in [1.54, 1.807) is 19.1 Å². The van der Waals surface area contributed by atoms with E-state index in [0.717, 1.165) is 37.3 Å². The van der Waals surface area contributed by atoms with Gasteiger partial charge in [0.2, 0.25) is 0 Å². The van der Waals surface area contributed by atoms with E-state index in [-0.39, 0.29) is 5.91 Å². The maximum absolute atomic E-state index is 12.5. The molecule has 120 valence electrons. The Kier molecular flexibility index (Phi) is 4.48. The number of benzene rings is 1. The van der Waals surface area contributed by atoms with Crippen LogP contribution in [0.2, 0.25) is 5.02 Å². The number of aromatic nitrogens is 2. The first-order chi connectivity index (χ1) is 11.0. The SMILES string of the molecule is Cc1nc(C(=O)Nc2ccc(C)c(Cl)c2)cc(N2CCCC2)n1. The van der Waals surface area contributed by atoms with E-state index in [9.17, 15) is 4.79 Å². The minimum absolute atomic E-state index is 0.254. The Labute approximate surface area is 140 Å². The molecule has 1 aliphatic heterocycles. The molecule has 1 fully saturated rings. The second kappa shape index (κ2) is 6.54. The van der Waals surface area contributed by atoms with Gasteiger partial charge in [0.05, 0.1) is 0 Å². The molecule has 1 aliphatic rings. The van der Waals surface area contributed by atoms with Crippen molar-refractivity contribution in [2.75, 3.05) is 23.3 Å². The lowest BCUT2D eigenvalue weighted by Crippen LogP contribution is -2.22. The molecule has 23 heavy (non-hydrogen) atoms. The number of nitrogens with zero attached hydrogens (tertiary/aromatic N) is 3. The van der Waals surface area contributed by atoms with Crippen LogP contribution in [0.25, 0.3) is 0 Å². The summed E-state index contributed by atoms with van der Waals surface area (Å²) in [4.78, 5) is 23.4. The molecule has 0 unspecified atom stereocenters. The highest BCUT2D eigenvalue weighted by Gasteiger charge is 2.17. The van der Waals surface area contributed by atoms with Crippen molar-refractivity contribution in [1.29, 1.82) is 0 Å². The number of carbonyl (C=O) groups excluding carboxylic acids is 1. The average molecular weight is 331 g/mol. The summed E-state index contributed by atoms with van der Waals surface area (Å²) >= 11 is 6.10. The maximum atomic E-state index is 12.5. The van der Waals surface area contributed by atoms with Gasteiger partial charge in [-0.25, -0.2) is 9.97 Å². The molecule has 1 saturated heterocycles. The van der Waals surface area contributed by atoms with Crippen LogP contribution in [0.1, 0.15) is 34.7 Å². The summed E-state index contributed by atoms with van der Waals surface area (Å²) in [7, 11) is 0. The normalized spacial score (nSPS) is 14.1. The lowest BCUT2D eigenvalue weighted by Gasteiger charge is -2.17. The zero-order valence-corrected chi connectivity index (χ0v) is 14.0. The Morgan fingerprint density at radius 2 is 1.91 bits per heavy atom. The smallest absolute Gasteiger partial charge is 0.274 e. The number of carbonyl (C=O) groups is 1. The Morgan fingerprint density at radius 1 is 1.17 bits per heavy atom. The van der Waals surface area contributed by atoms with Crippen LogP contribution in [-0.2, 0) is 0 Å². The lowest BCUT2D eigenvalue weighted by atomic mass is 10.2.